The summed E-state index contributed by atoms with van der Waals surface area (Å²) in [5.41, 5.74) is 2.70. The number of hydrogen-bond donors (Lipinski definition) is 0. The van der Waals surface area contributed by atoms with Crippen LogP contribution in [0.15, 0.2) is 83.9 Å². The van der Waals surface area contributed by atoms with Crippen molar-refractivity contribution in [3.05, 3.63) is 101 Å². The number of benzene rings is 3. The lowest BCUT2D eigenvalue weighted by Crippen LogP contribution is -2.49. The Morgan fingerprint density at radius 1 is 0.719 bits per heavy atom. The first-order chi connectivity index (χ1) is 15.6. The molecule has 0 bridgehead atoms. The second-order valence-electron chi connectivity index (χ2n) is 8.09. The second kappa shape index (κ2) is 5.82. The SMILES string of the molecule is O=C1c2ccc3c(=O)n4c5ccccc5nc4c4ccc(c2c34)C(=O)C1[n+]1ccccc1. The van der Waals surface area contributed by atoms with Crippen LogP contribution in [0.2, 0.25) is 0 Å². The van der Waals surface area contributed by atoms with Gasteiger partial charge in [0, 0.05) is 44.8 Å². The highest BCUT2D eigenvalue weighted by Gasteiger charge is 2.43. The normalized spacial score (nSPS) is 16.1. The second-order valence-corrected chi connectivity index (χ2v) is 8.09. The molecule has 3 aromatic heterocycles. The molecule has 7 rings (SSSR count). The van der Waals surface area contributed by atoms with Crippen LogP contribution in [0.1, 0.15) is 26.8 Å². The number of carbonyl (C=O) groups excluding carboxylic acids is 2. The van der Waals surface area contributed by atoms with E-state index in [0.29, 0.717) is 32.9 Å². The van der Waals surface area contributed by atoms with Crippen LogP contribution in [0.5, 0.6) is 0 Å². The van der Waals surface area contributed by atoms with Crippen LogP contribution in [0.3, 0.4) is 0 Å². The Hall–Kier alpha value is -4.45. The number of para-hydroxylation sites is 2. The molecule has 6 nitrogen and oxygen atoms in total. The Kier molecular flexibility index (Phi) is 3.14. The van der Waals surface area contributed by atoms with E-state index in [-0.39, 0.29) is 17.1 Å². The molecule has 1 aliphatic rings. The Balaban J connectivity index is 1.64. The van der Waals surface area contributed by atoms with E-state index in [4.69, 9.17) is 4.98 Å². The number of rotatable bonds is 1. The van der Waals surface area contributed by atoms with E-state index in [1.807, 2.05) is 36.4 Å². The molecular formula is C26H14N3O3+. The number of carbonyl (C=O) groups is 2. The van der Waals surface area contributed by atoms with Gasteiger partial charge < -0.3 is 0 Å². The van der Waals surface area contributed by atoms with E-state index < -0.39 is 6.04 Å². The molecule has 0 radical (unpaired) electrons. The molecule has 1 aliphatic carbocycles. The average Bonchev–Trinajstić information content (AvgIpc) is 3.22. The fourth-order valence-electron chi connectivity index (χ4n) is 5.07. The molecule has 0 fully saturated rings. The van der Waals surface area contributed by atoms with Crippen LogP contribution in [-0.2, 0) is 0 Å². The number of pyridine rings is 2. The van der Waals surface area contributed by atoms with Crippen molar-refractivity contribution in [2.24, 2.45) is 0 Å². The lowest BCUT2D eigenvalue weighted by molar-refractivity contribution is -0.693. The van der Waals surface area contributed by atoms with Gasteiger partial charge in [-0.15, -0.1) is 0 Å². The fourth-order valence-corrected chi connectivity index (χ4v) is 5.07. The van der Waals surface area contributed by atoms with E-state index >= 15 is 0 Å². The molecule has 0 spiro atoms. The molecule has 1 unspecified atom stereocenters. The van der Waals surface area contributed by atoms with Crippen molar-refractivity contribution < 1.29 is 14.2 Å². The van der Waals surface area contributed by atoms with Crippen LogP contribution >= 0.6 is 0 Å². The fraction of sp³-hybridized carbons (Fsp3) is 0.0385. The summed E-state index contributed by atoms with van der Waals surface area (Å²) in [7, 11) is 0. The zero-order chi connectivity index (χ0) is 21.6. The lowest BCUT2D eigenvalue weighted by Gasteiger charge is -2.21. The summed E-state index contributed by atoms with van der Waals surface area (Å²) in [4.78, 5) is 45.1. The van der Waals surface area contributed by atoms with Crippen molar-refractivity contribution in [1.82, 2.24) is 9.38 Å². The summed E-state index contributed by atoms with van der Waals surface area (Å²) in [5, 5.41) is 2.41. The summed E-state index contributed by atoms with van der Waals surface area (Å²) in [6.45, 7) is 0. The molecule has 32 heavy (non-hydrogen) atoms. The standard InChI is InChI=1S/C26H14N3O3/c30-23-14-8-10-16-21-17(26(32)29-19-7-3-2-6-18(19)27-25(16)29)11-9-15(20(14)21)24(31)22(23)28-12-4-1-5-13-28/h1-13,22H/q+1. The molecule has 6 aromatic rings. The summed E-state index contributed by atoms with van der Waals surface area (Å²) in [6, 6.07) is 18.9. The largest absolute Gasteiger partial charge is 0.286 e. The van der Waals surface area contributed by atoms with Gasteiger partial charge in [0.1, 0.15) is 5.65 Å². The first-order valence-electron chi connectivity index (χ1n) is 10.3. The Morgan fingerprint density at radius 2 is 1.41 bits per heavy atom. The van der Waals surface area contributed by atoms with Crippen molar-refractivity contribution in [2.45, 2.75) is 6.04 Å². The van der Waals surface area contributed by atoms with E-state index in [1.54, 1.807) is 51.7 Å². The minimum absolute atomic E-state index is 0.204. The van der Waals surface area contributed by atoms with Gasteiger partial charge in [-0.25, -0.2) is 4.98 Å². The molecule has 150 valence electrons. The number of aromatic nitrogens is 3. The molecule has 0 amide bonds. The summed E-state index contributed by atoms with van der Waals surface area (Å²) >= 11 is 0. The maximum absolute atomic E-state index is 13.5. The van der Waals surface area contributed by atoms with Crippen LogP contribution in [0, 0.1) is 0 Å². The summed E-state index contributed by atoms with van der Waals surface area (Å²) in [6.07, 6.45) is 3.45. The van der Waals surface area contributed by atoms with Crippen molar-refractivity contribution >= 4 is 49.8 Å². The van der Waals surface area contributed by atoms with Gasteiger partial charge in [-0.2, -0.15) is 4.57 Å². The minimum Gasteiger partial charge on any atom is -0.286 e. The van der Waals surface area contributed by atoms with Crippen LogP contribution < -0.4 is 10.1 Å². The van der Waals surface area contributed by atoms with Gasteiger partial charge in [0.15, 0.2) is 12.4 Å². The smallest absolute Gasteiger partial charge is 0.283 e. The minimum atomic E-state index is -0.952. The van der Waals surface area contributed by atoms with Crippen molar-refractivity contribution in [1.29, 1.82) is 0 Å². The van der Waals surface area contributed by atoms with Gasteiger partial charge in [0.25, 0.3) is 11.6 Å². The molecule has 0 saturated heterocycles. The van der Waals surface area contributed by atoms with Crippen LogP contribution in [0.25, 0.3) is 38.2 Å². The van der Waals surface area contributed by atoms with Crippen molar-refractivity contribution in [3.63, 3.8) is 0 Å². The zero-order valence-corrected chi connectivity index (χ0v) is 16.6. The van der Waals surface area contributed by atoms with Gasteiger partial charge in [0.2, 0.25) is 11.6 Å². The lowest BCUT2D eigenvalue weighted by atomic mass is 9.82. The third-order valence-corrected chi connectivity index (χ3v) is 6.46. The highest BCUT2D eigenvalue weighted by molar-refractivity contribution is 6.34. The highest BCUT2D eigenvalue weighted by atomic mass is 16.2. The number of ketones is 2. The van der Waals surface area contributed by atoms with Gasteiger partial charge in [0.05, 0.1) is 11.0 Å². The van der Waals surface area contributed by atoms with Gasteiger partial charge in [-0.3, -0.25) is 18.8 Å². The maximum atomic E-state index is 13.5. The Bertz CT molecular complexity index is 1810. The van der Waals surface area contributed by atoms with E-state index in [0.717, 1.165) is 16.4 Å². The molecule has 0 N–H and O–H groups in total. The topological polar surface area (TPSA) is 72.4 Å². The molecular weight excluding hydrogens is 402 g/mol. The average molecular weight is 416 g/mol. The first kappa shape index (κ1) is 17.3. The van der Waals surface area contributed by atoms with Gasteiger partial charge in [-0.1, -0.05) is 18.2 Å². The number of fused-ring (bicyclic) bond motifs is 4. The van der Waals surface area contributed by atoms with E-state index in [1.165, 1.54) is 0 Å². The van der Waals surface area contributed by atoms with E-state index in [2.05, 4.69) is 0 Å². The van der Waals surface area contributed by atoms with Gasteiger partial charge >= 0.3 is 0 Å². The van der Waals surface area contributed by atoms with Crippen molar-refractivity contribution in [2.75, 3.05) is 0 Å². The number of hydrogen-bond acceptors (Lipinski definition) is 4. The first-order valence-corrected chi connectivity index (χ1v) is 10.3. The van der Waals surface area contributed by atoms with Gasteiger partial charge in [-0.05, 0) is 36.4 Å². The monoisotopic (exact) mass is 416 g/mol. The van der Waals surface area contributed by atoms with Crippen LogP contribution in [0.4, 0.5) is 0 Å². The summed E-state index contributed by atoms with van der Waals surface area (Å²) < 4.78 is 3.25. The molecule has 0 saturated carbocycles. The maximum Gasteiger partial charge on any atom is 0.283 e. The predicted molar refractivity (Wildman–Crippen MR) is 120 cm³/mol. The zero-order valence-electron chi connectivity index (χ0n) is 16.6. The highest BCUT2D eigenvalue weighted by Crippen LogP contribution is 2.38. The Labute approximate surface area is 180 Å². The summed E-state index contributed by atoms with van der Waals surface area (Å²) in [5.74, 6) is -0.539. The number of nitrogens with zero attached hydrogens (tertiary/aromatic N) is 3. The number of Topliss-reactive ketones (excluding diaryl/α,β-unsaturated/α-hetero) is 2. The van der Waals surface area contributed by atoms with Crippen molar-refractivity contribution in [3.8, 4) is 0 Å². The van der Waals surface area contributed by atoms with Crippen LogP contribution in [-0.4, -0.2) is 21.0 Å². The molecule has 0 aliphatic heterocycles. The third kappa shape index (κ3) is 1.96. The molecule has 3 aromatic carbocycles. The molecule has 6 heteroatoms. The Morgan fingerprint density at radius 3 is 2.16 bits per heavy atom. The number of imidazole rings is 1. The van der Waals surface area contributed by atoms with E-state index in [9.17, 15) is 14.4 Å². The molecule has 1 atom stereocenters. The molecule has 3 heterocycles. The quantitative estimate of drug-likeness (QED) is 0.304. The third-order valence-electron chi connectivity index (χ3n) is 6.46. The predicted octanol–water partition coefficient (Wildman–Crippen LogP) is 3.50.